The molecule has 130 valence electrons. The van der Waals surface area contributed by atoms with Crippen LogP contribution in [0.5, 0.6) is 5.75 Å². The summed E-state index contributed by atoms with van der Waals surface area (Å²) in [5.41, 5.74) is 1.31. The standard InChI is InChI=1S/C18H24N2O4/c1-11-4-7-15(12(2)8-11)24-10-14(21)9-20-16(22)18(3,13-5-6-13)19-17(20)23/h4,7-8,13-14,21H,5-6,9-10H2,1-3H3,(H,19,23)/t14-,18+/m0/s1. The van der Waals surface area contributed by atoms with Gasteiger partial charge in [0.05, 0.1) is 6.54 Å². The van der Waals surface area contributed by atoms with Crippen LogP contribution in [-0.4, -0.2) is 46.7 Å². The van der Waals surface area contributed by atoms with Crippen LogP contribution in [0.25, 0.3) is 0 Å². The van der Waals surface area contributed by atoms with E-state index in [0.29, 0.717) is 5.75 Å². The number of benzene rings is 1. The Kier molecular flexibility index (Phi) is 4.25. The van der Waals surface area contributed by atoms with Gasteiger partial charge in [-0.05, 0) is 51.2 Å². The van der Waals surface area contributed by atoms with E-state index in [1.54, 1.807) is 6.92 Å². The Labute approximate surface area is 141 Å². The normalized spacial score (nSPS) is 24.9. The molecule has 1 aromatic carbocycles. The lowest BCUT2D eigenvalue weighted by molar-refractivity contribution is -0.132. The number of aliphatic hydroxyl groups excluding tert-OH is 1. The smallest absolute Gasteiger partial charge is 0.325 e. The third kappa shape index (κ3) is 3.11. The first-order valence-electron chi connectivity index (χ1n) is 8.33. The Hall–Kier alpha value is -2.08. The van der Waals surface area contributed by atoms with Crippen molar-refractivity contribution in [2.24, 2.45) is 5.92 Å². The molecular weight excluding hydrogens is 308 g/mol. The van der Waals surface area contributed by atoms with Gasteiger partial charge in [0, 0.05) is 0 Å². The molecule has 1 aromatic rings. The molecule has 0 aromatic heterocycles. The molecule has 24 heavy (non-hydrogen) atoms. The fourth-order valence-corrected chi connectivity index (χ4v) is 3.23. The van der Waals surface area contributed by atoms with Crippen LogP contribution in [0.15, 0.2) is 18.2 Å². The summed E-state index contributed by atoms with van der Waals surface area (Å²) in [6.07, 6.45) is 0.977. The highest BCUT2D eigenvalue weighted by Gasteiger charge is 2.56. The minimum absolute atomic E-state index is 0.0289. The van der Waals surface area contributed by atoms with Gasteiger partial charge in [0.1, 0.15) is 24.0 Å². The van der Waals surface area contributed by atoms with Crippen molar-refractivity contribution >= 4 is 11.9 Å². The molecule has 0 bridgehead atoms. The molecule has 2 atom stereocenters. The molecule has 1 aliphatic heterocycles. The molecule has 0 radical (unpaired) electrons. The zero-order chi connectivity index (χ0) is 17.5. The molecule has 2 N–H and O–H groups in total. The second-order valence-electron chi connectivity index (χ2n) is 7.06. The Morgan fingerprint density at radius 1 is 1.38 bits per heavy atom. The number of ether oxygens (including phenoxy) is 1. The van der Waals surface area contributed by atoms with Crippen LogP contribution < -0.4 is 10.1 Å². The molecular formula is C18H24N2O4. The molecule has 2 aliphatic rings. The molecule has 0 spiro atoms. The fourth-order valence-electron chi connectivity index (χ4n) is 3.23. The van der Waals surface area contributed by atoms with Crippen molar-refractivity contribution < 1.29 is 19.4 Å². The maximum absolute atomic E-state index is 12.5. The number of β-amino-alcohol motifs (C(OH)–C–C–N with tert-alkyl or cyclic N) is 1. The predicted molar refractivity (Wildman–Crippen MR) is 88.8 cm³/mol. The summed E-state index contributed by atoms with van der Waals surface area (Å²) >= 11 is 0. The number of hydrogen-bond acceptors (Lipinski definition) is 4. The van der Waals surface area contributed by atoms with Gasteiger partial charge in [-0.3, -0.25) is 9.69 Å². The maximum Gasteiger partial charge on any atom is 0.325 e. The summed E-state index contributed by atoms with van der Waals surface area (Å²) in [5.74, 6) is 0.655. The number of carbonyl (C=O) groups excluding carboxylic acids is 2. The summed E-state index contributed by atoms with van der Waals surface area (Å²) in [6.45, 7) is 5.68. The van der Waals surface area contributed by atoms with Crippen LogP contribution in [0.1, 0.15) is 30.9 Å². The number of rotatable bonds is 6. The minimum Gasteiger partial charge on any atom is -0.491 e. The third-order valence-corrected chi connectivity index (χ3v) is 4.85. The van der Waals surface area contributed by atoms with Crippen molar-refractivity contribution in [2.45, 2.75) is 45.3 Å². The summed E-state index contributed by atoms with van der Waals surface area (Å²) in [6, 6.07) is 5.36. The summed E-state index contributed by atoms with van der Waals surface area (Å²) < 4.78 is 5.63. The van der Waals surface area contributed by atoms with Crippen molar-refractivity contribution in [3.05, 3.63) is 29.3 Å². The van der Waals surface area contributed by atoms with Crippen LogP contribution in [0.4, 0.5) is 4.79 Å². The largest absolute Gasteiger partial charge is 0.491 e. The summed E-state index contributed by atoms with van der Waals surface area (Å²) in [5, 5.41) is 12.9. The first-order chi connectivity index (χ1) is 11.3. The number of aliphatic hydroxyl groups is 1. The zero-order valence-electron chi connectivity index (χ0n) is 14.3. The van der Waals surface area contributed by atoms with E-state index in [-0.39, 0.29) is 25.0 Å². The van der Waals surface area contributed by atoms with E-state index in [2.05, 4.69) is 5.32 Å². The molecule has 1 aliphatic carbocycles. The molecule has 1 saturated carbocycles. The van der Waals surface area contributed by atoms with E-state index >= 15 is 0 Å². The Bertz CT molecular complexity index is 671. The highest BCUT2D eigenvalue weighted by atomic mass is 16.5. The number of urea groups is 1. The lowest BCUT2D eigenvalue weighted by Crippen LogP contribution is -2.46. The summed E-state index contributed by atoms with van der Waals surface area (Å²) in [4.78, 5) is 25.7. The monoisotopic (exact) mass is 332 g/mol. The van der Waals surface area contributed by atoms with E-state index < -0.39 is 17.7 Å². The summed E-state index contributed by atoms with van der Waals surface area (Å²) in [7, 11) is 0. The van der Waals surface area contributed by atoms with Gasteiger partial charge < -0.3 is 15.2 Å². The number of carbonyl (C=O) groups is 2. The second kappa shape index (κ2) is 6.09. The predicted octanol–water partition coefficient (Wildman–Crippen LogP) is 1.76. The molecule has 1 heterocycles. The van der Waals surface area contributed by atoms with Crippen molar-refractivity contribution in [1.82, 2.24) is 10.2 Å². The van der Waals surface area contributed by atoms with E-state index in [1.807, 2.05) is 32.0 Å². The van der Waals surface area contributed by atoms with Gasteiger partial charge in [0.15, 0.2) is 0 Å². The highest BCUT2D eigenvalue weighted by molar-refractivity contribution is 6.07. The molecule has 2 fully saturated rings. The Morgan fingerprint density at radius 3 is 2.71 bits per heavy atom. The van der Waals surface area contributed by atoms with Crippen LogP contribution in [0, 0.1) is 19.8 Å². The van der Waals surface area contributed by atoms with Crippen molar-refractivity contribution in [3.63, 3.8) is 0 Å². The van der Waals surface area contributed by atoms with Crippen molar-refractivity contribution in [3.8, 4) is 5.75 Å². The first kappa shape index (κ1) is 16.8. The fraction of sp³-hybridized carbons (Fsp3) is 0.556. The van der Waals surface area contributed by atoms with Crippen LogP contribution in [0.3, 0.4) is 0 Å². The first-order valence-corrected chi connectivity index (χ1v) is 8.33. The van der Waals surface area contributed by atoms with E-state index in [4.69, 9.17) is 4.74 Å². The number of aryl methyl sites for hydroxylation is 2. The highest BCUT2D eigenvalue weighted by Crippen LogP contribution is 2.42. The number of hydrogen-bond donors (Lipinski definition) is 2. The average molecular weight is 332 g/mol. The van der Waals surface area contributed by atoms with Gasteiger partial charge >= 0.3 is 6.03 Å². The van der Waals surface area contributed by atoms with Gasteiger partial charge in [0.25, 0.3) is 5.91 Å². The van der Waals surface area contributed by atoms with E-state index in [9.17, 15) is 14.7 Å². The second-order valence-corrected chi connectivity index (χ2v) is 7.06. The van der Waals surface area contributed by atoms with Gasteiger partial charge in [-0.15, -0.1) is 0 Å². The quantitative estimate of drug-likeness (QED) is 0.778. The van der Waals surface area contributed by atoms with Crippen LogP contribution in [0.2, 0.25) is 0 Å². The maximum atomic E-state index is 12.5. The number of nitrogens with zero attached hydrogens (tertiary/aromatic N) is 1. The minimum atomic E-state index is -0.929. The lowest BCUT2D eigenvalue weighted by atomic mass is 9.96. The van der Waals surface area contributed by atoms with E-state index in [0.717, 1.165) is 28.9 Å². The third-order valence-electron chi connectivity index (χ3n) is 4.85. The van der Waals surface area contributed by atoms with Crippen molar-refractivity contribution in [1.29, 1.82) is 0 Å². The number of amides is 3. The average Bonchev–Trinajstić information content (AvgIpc) is 3.33. The van der Waals surface area contributed by atoms with Gasteiger partial charge in [-0.1, -0.05) is 17.7 Å². The number of nitrogens with one attached hydrogen (secondary N) is 1. The van der Waals surface area contributed by atoms with Crippen LogP contribution in [-0.2, 0) is 4.79 Å². The molecule has 3 amide bonds. The van der Waals surface area contributed by atoms with Crippen molar-refractivity contribution in [2.75, 3.05) is 13.2 Å². The zero-order valence-corrected chi connectivity index (χ0v) is 14.3. The van der Waals surface area contributed by atoms with Gasteiger partial charge in [-0.25, -0.2) is 4.79 Å². The topological polar surface area (TPSA) is 78.9 Å². The van der Waals surface area contributed by atoms with Gasteiger partial charge in [0.2, 0.25) is 0 Å². The van der Waals surface area contributed by atoms with E-state index in [1.165, 1.54) is 0 Å². The number of imide groups is 1. The molecule has 3 rings (SSSR count). The molecule has 1 saturated heterocycles. The Balaban J connectivity index is 1.57. The molecule has 0 unspecified atom stereocenters. The molecule has 6 heteroatoms. The van der Waals surface area contributed by atoms with Gasteiger partial charge in [-0.2, -0.15) is 0 Å². The SMILES string of the molecule is Cc1ccc(OC[C@@H](O)CN2C(=O)N[C@](C)(C3CC3)C2=O)c(C)c1. The lowest BCUT2D eigenvalue weighted by Gasteiger charge is -2.22. The molecule has 6 nitrogen and oxygen atoms in total. The Morgan fingerprint density at radius 2 is 2.08 bits per heavy atom. The van der Waals surface area contributed by atoms with Crippen LogP contribution >= 0.6 is 0 Å².